The van der Waals surface area contributed by atoms with Crippen molar-refractivity contribution in [2.45, 2.75) is 32.9 Å². The Morgan fingerprint density at radius 3 is 2.16 bits per heavy atom. The van der Waals surface area contributed by atoms with Gasteiger partial charge in [0.05, 0.1) is 26.2 Å². The SMILES string of the molecule is CNc1ccc(N2Cc3cc(OC(C)C)c(OC)cc3CC2=O)cc1.Clc1ccccc1. The Bertz CT molecular complexity index is 1040. The molecule has 0 radical (unpaired) electrons. The number of carbonyl (C=O) groups excluding carboxylic acids is 1. The van der Waals surface area contributed by atoms with Crippen molar-refractivity contribution in [2.24, 2.45) is 0 Å². The van der Waals surface area contributed by atoms with Gasteiger partial charge in [-0.05, 0) is 73.5 Å². The predicted octanol–water partition coefficient (Wildman–Crippen LogP) is 5.95. The zero-order valence-corrected chi connectivity index (χ0v) is 19.6. The maximum atomic E-state index is 12.6. The Labute approximate surface area is 194 Å². The molecule has 0 fully saturated rings. The minimum absolute atomic E-state index is 0.0577. The topological polar surface area (TPSA) is 50.8 Å². The molecule has 1 aliphatic rings. The van der Waals surface area contributed by atoms with Crippen molar-refractivity contribution in [1.29, 1.82) is 0 Å². The number of amides is 1. The summed E-state index contributed by atoms with van der Waals surface area (Å²) in [5.74, 6) is 1.48. The van der Waals surface area contributed by atoms with Crippen molar-refractivity contribution in [2.75, 3.05) is 24.4 Å². The van der Waals surface area contributed by atoms with Gasteiger partial charge in [0.25, 0.3) is 0 Å². The van der Waals surface area contributed by atoms with Crippen LogP contribution in [0.2, 0.25) is 5.02 Å². The summed E-state index contributed by atoms with van der Waals surface area (Å²) in [6.07, 6.45) is 0.420. The number of fused-ring (bicyclic) bond motifs is 1. The number of methoxy groups -OCH3 is 1. The lowest BCUT2D eigenvalue weighted by Gasteiger charge is -2.30. The van der Waals surface area contributed by atoms with Crippen molar-refractivity contribution in [3.05, 3.63) is 82.9 Å². The molecule has 0 saturated heterocycles. The average Bonchev–Trinajstić information content (AvgIpc) is 2.79. The summed E-state index contributed by atoms with van der Waals surface area (Å²) in [5, 5.41) is 3.88. The number of carbonyl (C=O) groups is 1. The van der Waals surface area contributed by atoms with Crippen LogP contribution >= 0.6 is 11.6 Å². The van der Waals surface area contributed by atoms with Crippen LogP contribution in [-0.2, 0) is 17.8 Å². The predicted molar refractivity (Wildman–Crippen MR) is 131 cm³/mol. The number of hydrogen-bond acceptors (Lipinski definition) is 4. The van der Waals surface area contributed by atoms with E-state index in [-0.39, 0.29) is 12.0 Å². The smallest absolute Gasteiger partial charge is 0.231 e. The van der Waals surface area contributed by atoms with E-state index in [1.165, 1.54) is 0 Å². The minimum Gasteiger partial charge on any atom is -0.493 e. The Hall–Kier alpha value is -3.18. The lowest BCUT2D eigenvalue weighted by molar-refractivity contribution is -0.118. The van der Waals surface area contributed by atoms with Gasteiger partial charge < -0.3 is 19.7 Å². The largest absolute Gasteiger partial charge is 0.493 e. The van der Waals surface area contributed by atoms with E-state index in [0.29, 0.717) is 18.7 Å². The molecule has 5 nitrogen and oxygen atoms in total. The van der Waals surface area contributed by atoms with Crippen LogP contribution in [-0.4, -0.2) is 26.2 Å². The lowest BCUT2D eigenvalue weighted by Crippen LogP contribution is -2.36. The second kappa shape index (κ2) is 10.9. The molecular formula is C26H29ClN2O3. The average molecular weight is 453 g/mol. The standard InChI is InChI=1S/C20H24N2O3.C6H5Cl/c1-13(2)25-19-10-15-12-22(17-7-5-16(21-3)6-8-17)20(23)11-14(15)9-18(19)24-4;7-6-4-2-1-3-5-6/h5-10,13,21H,11-12H2,1-4H3;1-5H. The van der Waals surface area contributed by atoms with Gasteiger partial charge in [0.2, 0.25) is 5.91 Å². The fourth-order valence-electron chi connectivity index (χ4n) is 3.44. The van der Waals surface area contributed by atoms with Crippen molar-refractivity contribution in [1.82, 2.24) is 0 Å². The summed E-state index contributed by atoms with van der Waals surface area (Å²) in [6.45, 7) is 4.50. The number of rotatable bonds is 5. The maximum absolute atomic E-state index is 12.6. The van der Waals surface area contributed by atoms with Gasteiger partial charge in [-0.1, -0.05) is 29.8 Å². The van der Waals surface area contributed by atoms with Crippen LogP contribution in [0.4, 0.5) is 11.4 Å². The third-order valence-corrected chi connectivity index (χ3v) is 5.27. The molecule has 1 aliphatic heterocycles. The van der Waals surface area contributed by atoms with Crippen LogP contribution in [0.15, 0.2) is 66.7 Å². The summed E-state index contributed by atoms with van der Waals surface area (Å²) in [4.78, 5) is 14.4. The van der Waals surface area contributed by atoms with Crippen molar-refractivity contribution in [3.63, 3.8) is 0 Å². The van der Waals surface area contributed by atoms with Crippen LogP contribution < -0.4 is 19.7 Å². The first-order chi connectivity index (χ1) is 15.4. The summed E-state index contributed by atoms with van der Waals surface area (Å²) in [5.41, 5.74) is 4.01. The Balaban J connectivity index is 0.000000352. The molecular weight excluding hydrogens is 424 g/mol. The number of benzene rings is 3. The van der Waals surface area contributed by atoms with Crippen molar-refractivity contribution in [3.8, 4) is 11.5 Å². The highest BCUT2D eigenvalue weighted by atomic mass is 35.5. The number of hydrogen-bond donors (Lipinski definition) is 1. The summed E-state index contributed by atoms with van der Waals surface area (Å²) in [7, 11) is 3.50. The highest BCUT2D eigenvalue weighted by Crippen LogP contribution is 2.35. The molecule has 168 valence electrons. The minimum atomic E-state index is 0.0577. The van der Waals surface area contributed by atoms with Crippen LogP contribution in [0.1, 0.15) is 25.0 Å². The third-order valence-electron chi connectivity index (χ3n) is 5.02. The normalized spacial score (nSPS) is 12.6. The first kappa shape index (κ1) is 23.5. The molecule has 0 aromatic heterocycles. The lowest BCUT2D eigenvalue weighted by atomic mass is 9.97. The summed E-state index contributed by atoms with van der Waals surface area (Å²) < 4.78 is 11.3. The number of halogens is 1. The van der Waals surface area contributed by atoms with Gasteiger partial charge in [-0.3, -0.25) is 4.79 Å². The van der Waals surface area contributed by atoms with Crippen LogP contribution in [0.5, 0.6) is 11.5 Å². The molecule has 1 amide bonds. The Morgan fingerprint density at radius 1 is 0.969 bits per heavy atom. The van der Waals surface area contributed by atoms with Crippen LogP contribution in [0.25, 0.3) is 0 Å². The van der Waals surface area contributed by atoms with Gasteiger partial charge in [-0.15, -0.1) is 0 Å². The monoisotopic (exact) mass is 452 g/mol. The molecule has 3 aromatic rings. The first-order valence-electron chi connectivity index (χ1n) is 10.6. The molecule has 1 heterocycles. The molecule has 1 N–H and O–H groups in total. The molecule has 0 atom stereocenters. The van der Waals surface area contributed by atoms with Gasteiger partial charge in [0.15, 0.2) is 11.5 Å². The van der Waals surface area contributed by atoms with E-state index in [0.717, 1.165) is 33.3 Å². The number of ether oxygens (including phenoxy) is 2. The molecule has 3 aromatic carbocycles. The van der Waals surface area contributed by atoms with Gasteiger partial charge >= 0.3 is 0 Å². The van der Waals surface area contributed by atoms with Crippen LogP contribution in [0.3, 0.4) is 0 Å². The second-order valence-corrected chi connectivity index (χ2v) is 8.12. The number of nitrogens with zero attached hydrogens (tertiary/aromatic N) is 1. The zero-order chi connectivity index (χ0) is 23.1. The van der Waals surface area contributed by atoms with Gasteiger partial charge in [-0.25, -0.2) is 0 Å². The zero-order valence-electron chi connectivity index (χ0n) is 18.9. The van der Waals surface area contributed by atoms with Crippen molar-refractivity contribution < 1.29 is 14.3 Å². The molecule has 6 heteroatoms. The van der Waals surface area contributed by atoms with E-state index >= 15 is 0 Å². The van der Waals surface area contributed by atoms with Gasteiger partial charge in [0.1, 0.15) is 0 Å². The Morgan fingerprint density at radius 2 is 1.62 bits per heavy atom. The molecule has 0 spiro atoms. The van der Waals surface area contributed by atoms with Crippen molar-refractivity contribution >= 4 is 28.9 Å². The highest BCUT2D eigenvalue weighted by Gasteiger charge is 2.26. The highest BCUT2D eigenvalue weighted by molar-refractivity contribution is 6.30. The Kier molecular flexibility index (Phi) is 8.01. The molecule has 32 heavy (non-hydrogen) atoms. The van der Waals surface area contributed by atoms with E-state index in [1.54, 1.807) is 7.11 Å². The fourth-order valence-corrected chi connectivity index (χ4v) is 3.58. The molecule has 0 aliphatic carbocycles. The van der Waals surface area contributed by atoms with Gasteiger partial charge in [-0.2, -0.15) is 0 Å². The molecule has 0 bridgehead atoms. The van der Waals surface area contributed by atoms with E-state index in [9.17, 15) is 4.79 Å². The summed E-state index contributed by atoms with van der Waals surface area (Å²) in [6, 6.07) is 21.2. The van der Waals surface area contributed by atoms with Crippen LogP contribution in [0, 0.1) is 0 Å². The van der Waals surface area contributed by atoms with E-state index in [1.807, 2.05) is 92.5 Å². The summed E-state index contributed by atoms with van der Waals surface area (Å²) >= 11 is 5.54. The quantitative estimate of drug-likeness (QED) is 0.519. The van der Waals surface area contributed by atoms with E-state index < -0.39 is 0 Å². The molecule has 4 rings (SSSR count). The maximum Gasteiger partial charge on any atom is 0.231 e. The first-order valence-corrected chi connectivity index (χ1v) is 10.9. The molecule has 0 saturated carbocycles. The number of anilines is 2. The second-order valence-electron chi connectivity index (χ2n) is 7.69. The van der Waals surface area contributed by atoms with Gasteiger partial charge in [0, 0.05) is 23.4 Å². The van der Waals surface area contributed by atoms with E-state index in [2.05, 4.69) is 5.32 Å². The van der Waals surface area contributed by atoms with E-state index in [4.69, 9.17) is 21.1 Å². The number of nitrogens with one attached hydrogen (secondary N) is 1. The fraction of sp³-hybridized carbons (Fsp3) is 0.269. The molecule has 0 unspecified atom stereocenters. The third kappa shape index (κ3) is 5.95.